The number of halogens is 3. The van der Waals surface area contributed by atoms with Crippen LogP contribution in [0.1, 0.15) is 25.7 Å². The highest BCUT2D eigenvalue weighted by atomic mass is 19.3. The molecule has 1 aromatic rings. The molecule has 0 N–H and O–H groups in total. The average molecular weight is 411 g/mol. The van der Waals surface area contributed by atoms with E-state index in [9.17, 15) is 22.8 Å². The van der Waals surface area contributed by atoms with Crippen molar-refractivity contribution in [2.45, 2.75) is 37.4 Å². The van der Waals surface area contributed by atoms with E-state index >= 15 is 0 Å². The van der Waals surface area contributed by atoms with Crippen molar-refractivity contribution < 1.29 is 27.5 Å². The van der Waals surface area contributed by atoms with Gasteiger partial charge in [-0.3, -0.25) is 14.5 Å². The van der Waals surface area contributed by atoms with Gasteiger partial charge in [0.15, 0.2) is 0 Å². The molecule has 0 saturated carbocycles. The van der Waals surface area contributed by atoms with Crippen LogP contribution in [0.4, 0.5) is 18.9 Å². The predicted octanol–water partition coefficient (Wildman–Crippen LogP) is 2.24. The molecule has 1 spiro atoms. The molecular formula is C20H24F3N3O3. The van der Waals surface area contributed by atoms with Gasteiger partial charge in [0.1, 0.15) is 5.82 Å². The number of likely N-dealkylation sites (tertiary alicyclic amines) is 2. The zero-order valence-corrected chi connectivity index (χ0v) is 16.1. The Hall–Kier alpha value is -2.13. The number of ether oxygens (including phenoxy) is 1. The normalized spacial score (nSPS) is 24.3. The minimum absolute atomic E-state index is 0.00390. The molecule has 0 radical (unpaired) electrons. The van der Waals surface area contributed by atoms with Gasteiger partial charge in [-0.25, -0.2) is 4.39 Å². The highest BCUT2D eigenvalue weighted by Gasteiger charge is 2.57. The Kier molecular flexibility index (Phi) is 5.29. The fourth-order valence-corrected chi connectivity index (χ4v) is 4.35. The van der Waals surface area contributed by atoms with Crippen LogP contribution < -0.4 is 4.90 Å². The van der Waals surface area contributed by atoms with Crippen molar-refractivity contribution in [3.05, 3.63) is 30.1 Å². The summed E-state index contributed by atoms with van der Waals surface area (Å²) in [5.41, 5.74) is -1.04. The number of nitrogens with zero attached hydrogens (tertiary/aromatic N) is 3. The highest BCUT2D eigenvalue weighted by molar-refractivity contribution is 5.98. The van der Waals surface area contributed by atoms with Gasteiger partial charge in [-0.05, 0) is 63.0 Å². The van der Waals surface area contributed by atoms with E-state index in [1.165, 1.54) is 12.1 Å². The fourth-order valence-electron chi connectivity index (χ4n) is 4.35. The van der Waals surface area contributed by atoms with E-state index in [0.29, 0.717) is 19.6 Å². The minimum atomic E-state index is -3.96. The Morgan fingerprint density at radius 3 is 2.28 bits per heavy atom. The van der Waals surface area contributed by atoms with Gasteiger partial charge >= 0.3 is 12.0 Å². The summed E-state index contributed by atoms with van der Waals surface area (Å²) in [5, 5.41) is 0. The van der Waals surface area contributed by atoms with E-state index < -0.39 is 23.4 Å². The maximum atomic E-state index is 14.4. The number of alkyl halides is 2. The van der Waals surface area contributed by atoms with Crippen LogP contribution in [0.3, 0.4) is 0 Å². The molecule has 29 heavy (non-hydrogen) atoms. The predicted molar refractivity (Wildman–Crippen MR) is 99.0 cm³/mol. The third kappa shape index (κ3) is 4.11. The van der Waals surface area contributed by atoms with Crippen LogP contribution in [0.2, 0.25) is 0 Å². The first-order valence-corrected chi connectivity index (χ1v) is 9.94. The van der Waals surface area contributed by atoms with E-state index in [0.717, 1.165) is 43.0 Å². The molecule has 0 aromatic heterocycles. The molecular weight excluding hydrogens is 387 g/mol. The number of rotatable bonds is 3. The number of piperidine rings is 1. The van der Waals surface area contributed by atoms with Crippen molar-refractivity contribution in [2.75, 3.05) is 44.2 Å². The van der Waals surface area contributed by atoms with Gasteiger partial charge in [-0.2, -0.15) is 8.78 Å². The van der Waals surface area contributed by atoms with Crippen LogP contribution >= 0.6 is 0 Å². The monoisotopic (exact) mass is 411 g/mol. The van der Waals surface area contributed by atoms with Gasteiger partial charge in [-0.15, -0.1) is 0 Å². The summed E-state index contributed by atoms with van der Waals surface area (Å²) in [6, 6.07) is 4.86. The molecule has 2 amide bonds. The molecule has 3 saturated heterocycles. The number of benzene rings is 1. The molecule has 3 aliphatic rings. The van der Waals surface area contributed by atoms with Gasteiger partial charge in [0.2, 0.25) is 5.91 Å². The molecule has 9 heteroatoms. The number of carbonyl (C=O) groups excluding carboxylic acids is 2. The molecule has 4 rings (SSSR count). The van der Waals surface area contributed by atoms with E-state index in [1.54, 1.807) is 4.90 Å². The van der Waals surface area contributed by atoms with E-state index in [2.05, 4.69) is 4.90 Å². The van der Waals surface area contributed by atoms with E-state index in [1.807, 2.05) is 0 Å². The lowest BCUT2D eigenvalue weighted by molar-refractivity contribution is -0.292. The second-order valence-electron chi connectivity index (χ2n) is 8.03. The molecule has 158 valence electrons. The average Bonchev–Trinajstić information content (AvgIpc) is 3.19. The number of amides is 2. The molecule has 0 bridgehead atoms. The first kappa shape index (κ1) is 20.2. The quantitative estimate of drug-likeness (QED) is 0.766. The zero-order valence-electron chi connectivity index (χ0n) is 16.1. The second-order valence-corrected chi connectivity index (χ2v) is 8.03. The summed E-state index contributed by atoms with van der Waals surface area (Å²) in [6.45, 7) is 2.72. The lowest BCUT2D eigenvalue weighted by Crippen LogP contribution is -2.65. The molecule has 3 aliphatic heterocycles. The molecule has 6 nitrogen and oxygen atoms in total. The van der Waals surface area contributed by atoms with Crippen LogP contribution in [0, 0.1) is 5.82 Å². The second kappa shape index (κ2) is 7.60. The first-order chi connectivity index (χ1) is 13.8. The summed E-state index contributed by atoms with van der Waals surface area (Å²) in [7, 11) is 0. The van der Waals surface area contributed by atoms with Crippen molar-refractivity contribution in [1.82, 2.24) is 9.80 Å². The van der Waals surface area contributed by atoms with Crippen molar-refractivity contribution in [1.29, 1.82) is 0 Å². The third-order valence-corrected chi connectivity index (χ3v) is 6.01. The summed E-state index contributed by atoms with van der Waals surface area (Å²) in [5.74, 6) is -1.97. The van der Waals surface area contributed by atoms with Crippen LogP contribution in [0.15, 0.2) is 24.3 Å². The topological polar surface area (TPSA) is 53.1 Å². The summed E-state index contributed by atoms with van der Waals surface area (Å²) in [6.07, 6.45) is -1.37. The van der Waals surface area contributed by atoms with Crippen molar-refractivity contribution in [3.63, 3.8) is 0 Å². The molecule has 0 atom stereocenters. The standard InChI is InChI=1S/C20H24F3N3O3/c21-15-3-5-16(6-4-15)26-14-19(29-20(22,23)18(26)28)7-11-25(12-8-19)17(27)13-24-9-1-2-10-24/h3-6H,1-2,7-14H2. The minimum Gasteiger partial charge on any atom is -0.341 e. The number of hydrogen-bond acceptors (Lipinski definition) is 4. The molecule has 1 aromatic carbocycles. The van der Waals surface area contributed by atoms with Gasteiger partial charge in [0.05, 0.1) is 18.7 Å². The number of hydrogen-bond donors (Lipinski definition) is 0. The van der Waals surface area contributed by atoms with Gasteiger partial charge in [0, 0.05) is 18.8 Å². The first-order valence-electron chi connectivity index (χ1n) is 9.94. The number of anilines is 1. The maximum Gasteiger partial charge on any atom is 0.437 e. The van der Waals surface area contributed by atoms with Crippen LogP contribution in [0.5, 0.6) is 0 Å². The van der Waals surface area contributed by atoms with Gasteiger partial charge in [-0.1, -0.05) is 0 Å². The molecule has 3 fully saturated rings. The largest absolute Gasteiger partial charge is 0.437 e. The SMILES string of the molecule is O=C(CN1CCCC1)N1CCC2(CC1)CN(c1ccc(F)cc1)C(=O)C(F)(F)O2. The van der Waals surface area contributed by atoms with Crippen LogP contribution in [-0.2, 0) is 14.3 Å². The van der Waals surface area contributed by atoms with Crippen LogP contribution in [0.25, 0.3) is 0 Å². The zero-order chi connectivity index (χ0) is 20.6. The van der Waals surface area contributed by atoms with Gasteiger partial charge < -0.3 is 14.5 Å². The smallest absolute Gasteiger partial charge is 0.341 e. The third-order valence-electron chi connectivity index (χ3n) is 6.01. The number of carbonyl (C=O) groups is 2. The summed E-state index contributed by atoms with van der Waals surface area (Å²) < 4.78 is 47.0. The number of morpholine rings is 1. The Balaban J connectivity index is 1.45. The maximum absolute atomic E-state index is 14.4. The Labute approximate surface area is 167 Å². The van der Waals surface area contributed by atoms with Crippen molar-refractivity contribution >= 4 is 17.5 Å². The molecule has 3 heterocycles. The van der Waals surface area contributed by atoms with E-state index in [4.69, 9.17) is 4.74 Å². The highest BCUT2D eigenvalue weighted by Crippen LogP contribution is 2.40. The lowest BCUT2D eigenvalue weighted by atomic mass is 9.88. The lowest BCUT2D eigenvalue weighted by Gasteiger charge is -2.48. The summed E-state index contributed by atoms with van der Waals surface area (Å²) >= 11 is 0. The van der Waals surface area contributed by atoms with Crippen LogP contribution in [-0.4, -0.2) is 72.6 Å². The van der Waals surface area contributed by atoms with Gasteiger partial charge in [0.25, 0.3) is 0 Å². The van der Waals surface area contributed by atoms with Crippen molar-refractivity contribution in [3.8, 4) is 0 Å². The summed E-state index contributed by atoms with van der Waals surface area (Å²) in [4.78, 5) is 29.5. The fraction of sp³-hybridized carbons (Fsp3) is 0.600. The van der Waals surface area contributed by atoms with Crippen molar-refractivity contribution in [2.24, 2.45) is 0 Å². The van der Waals surface area contributed by atoms with E-state index in [-0.39, 0.29) is 31.0 Å². The molecule has 0 unspecified atom stereocenters. The Morgan fingerprint density at radius 2 is 1.66 bits per heavy atom. The Morgan fingerprint density at radius 1 is 1.03 bits per heavy atom. The Bertz CT molecular complexity index is 773. The molecule has 0 aliphatic carbocycles.